The van der Waals surface area contributed by atoms with E-state index in [1.54, 1.807) is 0 Å². The van der Waals surface area contributed by atoms with Crippen LogP contribution < -0.4 is 10.6 Å². The molecule has 3 rings (SSSR count). The highest BCUT2D eigenvalue weighted by Gasteiger charge is 2.60. The van der Waals surface area contributed by atoms with Gasteiger partial charge in [-0.3, -0.25) is 4.79 Å². The molecule has 0 saturated heterocycles. The number of rotatable bonds is 8. The minimum atomic E-state index is -0.718. The van der Waals surface area contributed by atoms with Crippen molar-refractivity contribution in [3.05, 3.63) is 35.4 Å². The number of fused-ring (bicyclic) bond motifs is 1. The van der Waals surface area contributed by atoms with Crippen LogP contribution in [0.2, 0.25) is 0 Å². The van der Waals surface area contributed by atoms with Gasteiger partial charge in [-0.2, -0.15) is 0 Å². The summed E-state index contributed by atoms with van der Waals surface area (Å²) in [5.74, 6) is -2.18. The fourth-order valence-corrected chi connectivity index (χ4v) is 6.36. The van der Waals surface area contributed by atoms with Crippen molar-refractivity contribution in [3.63, 3.8) is 0 Å². The minimum Gasteiger partial charge on any atom is -0.446 e. The van der Waals surface area contributed by atoms with Crippen molar-refractivity contribution in [2.75, 3.05) is 13.2 Å². The van der Waals surface area contributed by atoms with Crippen LogP contribution >= 0.6 is 0 Å². The molecule has 2 amide bonds. The van der Waals surface area contributed by atoms with E-state index in [1.165, 1.54) is 12.1 Å². The van der Waals surface area contributed by atoms with Crippen molar-refractivity contribution >= 4 is 12.0 Å². The van der Waals surface area contributed by atoms with Crippen molar-refractivity contribution in [2.45, 2.75) is 78.0 Å². The number of aliphatic hydroxyl groups is 2. The monoisotopic (exact) mass is 496 g/mol. The van der Waals surface area contributed by atoms with E-state index in [0.717, 1.165) is 12.5 Å². The van der Waals surface area contributed by atoms with Gasteiger partial charge in [0.25, 0.3) is 0 Å². The third kappa shape index (κ3) is 5.94. The van der Waals surface area contributed by atoms with Crippen molar-refractivity contribution in [2.24, 2.45) is 22.7 Å². The molecule has 196 valence electrons. The van der Waals surface area contributed by atoms with E-state index in [0.29, 0.717) is 37.8 Å². The molecule has 6 atom stereocenters. The minimum absolute atomic E-state index is 0.0202. The largest absolute Gasteiger partial charge is 0.446 e. The maximum absolute atomic E-state index is 13.4. The molecule has 7 nitrogen and oxygen atoms in total. The third-order valence-corrected chi connectivity index (χ3v) is 8.26. The first-order chi connectivity index (χ1) is 16.5. The van der Waals surface area contributed by atoms with E-state index in [-0.39, 0.29) is 37.3 Å². The second-order valence-electron chi connectivity index (χ2n) is 10.6. The van der Waals surface area contributed by atoms with E-state index in [1.807, 2.05) is 20.8 Å². The number of ether oxygens (including phenoxy) is 1. The summed E-state index contributed by atoms with van der Waals surface area (Å²) in [5, 5.41) is 26.8. The lowest BCUT2D eigenvalue weighted by atomic mass is 9.46. The molecule has 0 bridgehead atoms. The Morgan fingerprint density at radius 2 is 1.80 bits per heavy atom. The van der Waals surface area contributed by atoms with E-state index < -0.39 is 40.8 Å². The summed E-state index contributed by atoms with van der Waals surface area (Å²) in [6, 6.07) is 3.11. The van der Waals surface area contributed by atoms with Gasteiger partial charge in [0.2, 0.25) is 5.91 Å². The maximum atomic E-state index is 13.4. The lowest BCUT2D eigenvalue weighted by molar-refractivity contribution is -0.186. The molecule has 0 radical (unpaired) electrons. The Morgan fingerprint density at radius 3 is 2.43 bits per heavy atom. The van der Waals surface area contributed by atoms with Crippen LogP contribution in [-0.2, 0) is 16.1 Å². The molecule has 9 heteroatoms. The fourth-order valence-electron chi connectivity index (χ4n) is 6.36. The molecule has 2 fully saturated rings. The van der Waals surface area contributed by atoms with Crippen LogP contribution in [0.25, 0.3) is 0 Å². The standard InChI is InChI=1S/C26H38F2N2O5/c1-4-9-29-24(34)35-22-7-8-25(2)19(20(32)5-6-21(25)26(22,3)15-31)13-23(33)30-14-16-10-17(27)12-18(28)11-16/h10-12,19-22,31-32H,4-9,13-15H2,1-3H3,(H,29,34)(H,30,33). The number of halogens is 2. The Labute approximate surface area is 205 Å². The van der Waals surface area contributed by atoms with Crippen LogP contribution in [-0.4, -0.2) is 47.6 Å². The van der Waals surface area contributed by atoms with Crippen LogP contribution in [0.1, 0.15) is 64.9 Å². The number of carbonyl (C=O) groups excluding carboxylic acids is 2. The molecular weight excluding hydrogens is 458 g/mol. The third-order valence-electron chi connectivity index (χ3n) is 8.26. The molecular formula is C26H38F2N2O5. The number of nitrogens with one attached hydrogen (secondary N) is 2. The Bertz CT molecular complexity index is 895. The molecule has 0 spiro atoms. The summed E-state index contributed by atoms with van der Waals surface area (Å²) < 4.78 is 32.6. The highest BCUT2D eigenvalue weighted by molar-refractivity contribution is 5.76. The summed E-state index contributed by atoms with van der Waals surface area (Å²) in [6.07, 6.45) is 1.42. The lowest BCUT2D eigenvalue weighted by Crippen LogP contribution is -2.61. The fraction of sp³-hybridized carbons (Fsp3) is 0.692. The molecule has 1 aromatic carbocycles. The van der Waals surface area contributed by atoms with Gasteiger partial charge in [-0.25, -0.2) is 13.6 Å². The molecule has 35 heavy (non-hydrogen) atoms. The molecule has 1 aromatic rings. The van der Waals surface area contributed by atoms with Crippen molar-refractivity contribution in [1.82, 2.24) is 10.6 Å². The van der Waals surface area contributed by atoms with Gasteiger partial charge in [-0.05, 0) is 67.1 Å². The smallest absolute Gasteiger partial charge is 0.407 e. The summed E-state index contributed by atoms with van der Waals surface area (Å²) >= 11 is 0. The average Bonchev–Trinajstić information content (AvgIpc) is 2.80. The number of aliphatic hydroxyl groups excluding tert-OH is 2. The Balaban J connectivity index is 1.72. The molecule has 4 N–H and O–H groups in total. The number of benzene rings is 1. The quantitative estimate of drug-likeness (QED) is 0.439. The normalized spacial score (nSPS) is 32.4. The number of hydrogen-bond acceptors (Lipinski definition) is 5. The van der Waals surface area contributed by atoms with E-state index in [9.17, 15) is 28.6 Å². The first kappa shape index (κ1) is 27.3. The summed E-state index contributed by atoms with van der Waals surface area (Å²) in [5.41, 5.74) is -0.863. The average molecular weight is 497 g/mol. The van der Waals surface area contributed by atoms with Crippen LogP contribution in [0.15, 0.2) is 18.2 Å². The zero-order valence-electron chi connectivity index (χ0n) is 20.8. The maximum Gasteiger partial charge on any atom is 0.407 e. The van der Waals surface area contributed by atoms with Gasteiger partial charge in [-0.15, -0.1) is 0 Å². The van der Waals surface area contributed by atoms with Crippen molar-refractivity contribution in [3.8, 4) is 0 Å². The highest BCUT2D eigenvalue weighted by atomic mass is 19.1. The van der Waals surface area contributed by atoms with E-state index >= 15 is 0 Å². The van der Waals surface area contributed by atoms with Gasteiger partial charge >= 0.3 is 6.09 Å². The summed E-state index contributed by atoms with van der Waals surface area (Å²) in [7, 11) is 0. The Hall–Kier alpha value is -2.26. The van der Waals surface area contributed by atoms with E-state index in [2.05, 4.69) is 10.6 Å². The van der Waals surface area contributed by atoms with Gasteiger partial charge in [0.15, 0.2) is 0 Å². The Morgan fingerprint density at radius 1 is 1.11 bits per heavy atom. The zero-order chi connectivity index (χ0) is 25.8. The first-order valence-corrected chi connectivity index (χ1v) is 12.5. The van der Waals surface area contributed by atoms with Gasteiger partial charge in [0.1, 0.15) is 17.7 Å². The molecule has 2 aliphatic rings. The summed E-state index contributed by atoms with van der Waals surface area (Å²) in [4.78, 5) is 25.1. The number of hydrogen-bond donors (Lipinski definition) is 4. The van der Waals surface area contributed by atoms with Crippen LogP contribution in [0.5, 0.6) is 0 Å². The number of amides is 2. The summed E-state index contributed by atoms with van der Waals surface area (Å²) in [6.45, 7) is 6.21. The molecule has 0 heterocycles. The van der Waals surface area contributed by atoms with Crippen molar-refractivity contribution < 1.29 is 33.3 Å². The predicted octanol–water partition coefficient (Wildman–Crippen LogP) is 3.66. The van der Waals surface area contributed by atoms with Gasteiger partial charge in [0.05, 0.1) is 12.7 Å². The van der Waals surface area contributed by atoms with Crippen LogP contribution in [0.4, 0.5) is 13.6 Å². The lowest BCUT2D eigenvalue weighted by Gasteiger charge is -2.60. The SMILES string of the molecule is CCCNC(=O)OC1CCC2(C)C(CC(=O)NCc3cc(F)cc(F)c3)C(O)CCC2C1(C)CO. The van der Waals surface area contributed by atoms with Crippen LogP contribution in [0, 0.1) is 34.3 Å². The molecule has 2 aliphatic carbocycles. The molecule has 6 unspecified atom stereocenters. The predicted molar refractivity (Wildman–Crippen MR) is 126 cm³/mol. The van der Waals surface area contributed by atoms with Gasteiger partial charge in [0, 0.05) is 31.0 Å². The number of alkyl carbamates (subject to hydrolysis) is 1. The van der Waals surface area contributed by atoms with E-state index in [4.69, 9.17) is 4.74 Å². The highest BCUT2D eigenvalue weighted by Crippen LogP contribution is 2.61. The van der Waals surface area contributed by atoms with Crippen molar-refractivity contribution in [1.29, 1.82) is 0 Å². The van der Waals surface area contributed by atoms with Crippen LogP contribution in [0.3, 0.4) is 0 Å². The second kappa shape index (κ2) is 11.2. The number of carbonyl (C=O) groups is 2. The van der Waals surface area contributed by atoms with Gasteiger partial charge in [-0.1, -0.05) is 20.8 Å². The zero-order valence-corrected chi connectivity index (χ0v) is 20.8. The topological polar surface area (TPSA) is 108 Å². The second-order valence-corrected chi connectivity index (χ2v) is 10.6. The Kier molecular flexibility index (Phi) is 8.75. The molecule has 2 saturated carbocycles. The molecule has 0 aromatic heterocycles. The molecule has 0 aliphatic heterocycles. The van der Waals surface area contributed by atoms with Gasteiger partial charge < -0.3 is 25.6 Å². The first-order valence-electron chi connectivity index (χ1n) is 12.5.